The molecule has 0 aliphatic rings. The first kappa shape index (κ1) is 15.7. The molecule has 2 N–H and O–H groups in total. The van der Waals surface area contributed by atoms with Crippen molar-refractivity contribution in [1.29, 1.82) is 0 Å². The highest BCUT2D eigenvalue weighted by Crippen LogP contribution is 2.03. The van der Waals surface area contributed by atoms with E-state index in [0.29, 0.717) is 6.54 Å². The van der Waals surface area contributed by atoms with E-state index in [1.54, 1.807) is 0 Å². The Morgan fingerprint density at radius 2 is 1.84 bits per heavy atom. The van der Waals surface area contributed by atoms with Crippen molar-refractivity contribution >= 4 is 11.6 Å². The van der Waals surface area contributed by atoms with Gasteiger partial charge in [0.05, 0.1) is 6.54 Å². The molecule has 1 rings (SSSR count). The van der Waals surface area contributed by atoms with Crippen molar-refractivity contribution in [3.8, 4) is 0 Å². The van der Waals surface area contributed by atoms with Gasteiger partial charge in [0, 0.05) is 5.69 Å². The average Bonchev–Trinajstić information content (AvgIpc) is 2.44. The Labute approximate surface area is 116 Å². The summed E-state index contributed by atoms with van der Waals surface area (Å²) in [4.78, 5) is 14.0. The number of amides is 1. The lowest BCUT2D eigenvalue weighted by Crippen LogP contribution is -2.31. The second kappa shape index (κ2) is 9.53. The van der Waals surface area contributed by atoms with Gasteiger partial charge in [0.25, 0.3) is 0 Å². The number of carbonyl (C=O) groups is 1. The van der Waals surface area contributed by atoms with E-state index in [4.69, 9.17) is 0 Å². The number of carbonyl (C=O) groups excluding carboxylic acids is 1. The van der Waals surface area contributed by atoms with E-state index >= 15 is 0 Å². The van der Waals surface area contributed by atoms with Crippen LogP contribution in [0.3, 0.4) is 0 Å². The molecule has 0 spiro atoms. The third kappa shape index (κ3) is 6.94. The van der Waals surface area contributed by atoms with Crippen molar-refractivity contribution in [3.63, 3.8) is 0 Å². The number of para-hydroxylation sites is 1. The summed E-state index contributed by atoms with van der Waals surface area (Å²) in [6.45, 7) is 8.84. The molecule has 1 aromatic carbocycles. The van der Waals surface area contributed by atoms with E-state index in [1.807, 2.05) is 30.3 Å². The van der Waals surface area contributed by atoms with Gasteiger partial charge in [-0.3, -0.25) is 4.79 Å². The maximum Gasteiger partial charge on any atom is 0.238 e. The van der Waals surface area contributed by atoms with E-state index in [9.17, 15) is 4.79 Å². The zero-order valence-electron chi connectivity index (χ0n) is 12.0. The molecular formula is C15H25N3O. The van der Waals surface area contributed by atoms with Crippen molar-refractivity contribution in [2.24, 2.45) is 0 Å². The summed E-state index contributed by atoms with van der Waals surface area (Å²) in [6, 6.07) is 9.53. The lowest BCUT2D eigenvalue weighted by Gasteiger charge is -2.17. The largest absolute Gasteiger partial charge is 0.325 e. The van der Waals surface area contributed by atoms with Crippen LogP contribution in [-0.2, 0) is 4.79 Å². The second-order valence-electron chi connectivity index (χ2n) is 4.47. The van der Waals surface area contributed by atoms with Crippen LogP contribution in [0.5, 0.6) is 0 Å². The summed E-state index contributed by atoms with van der Waals surface area (Å²) in [5.74, 6) is 0.00837. The van der Waals surface area contributed by atoms with Crippen LogP contribution in [0.1, 0.15) is 20.3 Å². The van der Waals surface area contributed by atoms with Gasteiger partial charge in [0.1, 0.15) is 0 Å². The highest BCUT2D eigenvalue weighted by Gasteiger charge is 2.01. The van der Waals surface area contributed by atoms with Crippen molar-refractivity contribution in [2.75, 3.05) is 38.0 Å². The van der Waals surface area contributed by atoms with Gasteiger partial charge in [-0.25, -0.2) is 0 Å². The molecule has 0 radical (unpaired) electrons. The number of benzene rings is 1. The quantitative estimate of drug-likeness (QED) is 0.669. The van der Waals surface area contributed by atoms with Crippen molar-refractivity contribution < 1.29 is 4.79 Å². The van der Waals surface area contributed by atoms with Gasteiger partial charge in [0.15, 0.2) is 0 Å². The normalized spacial score (nSPS) is 10.7. The molecule has 0 atom stereocenters. The van der Waals surface area contributed by atoms with Gasteiger partial charge in [-0.2, -0.15) is 0 Å². The molecular weight excluding hydrogens is 238 g/mol. The smallest absolute Gasteiger partial charge is 0.238 e. The van der Waals surface area contributed by atoms with E-state index in [0.717, 1.165) is 38.3 Å². The fraction of sp³-hybridized carbons (Fsp3) is 0.533. The first-order chi connectivity index (χ1) is 9.26. The monoisotopic (exact) mass is 263 g/mol. The molecule has 0 heterocycles. The summed E-state index contributed by atoms with van der Waals surface area (Å²) >= 11 is 0. The van der Waals surface area contributed by atoms with Gasteiger partial charge in [0.2, 0.25) is 5.91 Å². The Kier molecular flexibility index (Phi) is 7.86. The van der Waals surface area contributed by atoms with Gasteiger partial charge in [-0.15, -0.1) is 0 Å². The molecule has 0 saturated carbocycles. The topological polar surface area (TPSA) is 44.4 Å². The number of rotatable bonds is 9. The molecule has 0 fully saturated rings. The Morgan fingerprint density at radius 1 is 1.16 bits per heavy atom. The molecule has 0 aromatic heterocycles. The van der Waals surface area contributed by atoms with Crippen LogP contribution in [0.15, 0.2) is 30.3 Å². The van der Waals surface area contributed by atoms with Crippen molar-refractivity contribution in [3.05, 3.63) is 30.3 Å². The number of hydrogen-bond donors (Lipinski definition) is 2. The molecule has 0 aliphatic carbocycles. The Balaban J connectivity index is 2.08. The highest BCUT2D eigenvalue weighted by atomic mass is 16.1. The molecule has 19 heavy (non-hydrogen) atoms. The number of hydrogen-bond acceptors (Lipinski definition) is 3. The standard InChI is InChI=1S/C15H25N3O/c1-3-18(4-2)12-8-11-16-13-15(19)17-14-9-6-5-7-10-14/h5-7,9-10,16H,3-4,8,11-13H2,1-2H3,(H,17,19). The van der Waals surface area contributed by atoms with Gasteiger partial charge in [-0.05, 0) is 44.7 Å². The Hall–Kier alpha value is -1.39. The van der Waals surface area contributed by atoms with Crippen LogP contribution >= 0.6 is 0 Å². The molecule has 4 nitrogen and oxygen atoms in total. The number of nitrogens with zero attached hydrogens (tertiary/aromatic N) is 1. The molecule has 0 bridgehead atoms. The van der Waals surface area contributed by atoms with Gasteiger partial charge < -0.3 is 15.5 Å². The maximum absolute atomic E-state index is 11.6. The minimum absolute atomic E-state index is 0.00837. The van der Waals surface area contributed by atoms with Crippen LogP contribution < -0.4 is 10.6 Å². The number of nitrogens with one attached hydrogen (secondary N) is 2. The fourth-order valence-electron chi connectivity index (χ4n) is 1.90. The summed E-state index contributed by atoms with van der Waals surface area (Å²) in [6.07, 6.45) is 1.07. The predicted octanol–water partition coefficient (Wildman–Crippen LogP) is 1.95. The van der Waals surface area contributed by atoms with Crippen molar-refractivity contribution in [2.45, 2.75) is 20.3 Å². The maximum atomic E-state index is 11.6. The first-order valence-corrected chi connectivity index (χ1v) is 7.04. The summed E-state index contributed by atoms with van der Waals surface area (Å²) in [5.41, 5.74) is 0.845. The lowest BCUT2D eigenvalue weighted by molar-refractivity contribution is -0.115. The zero-order chi connectivity index (χ0) is 13.9. The average molecular weight is 263 g/mol. The van der Waals surface area contributed by atoms with E-state index < -0.39 is 0 Å². The minimum atomic E-state index is 0.00837. The predicted molar refractivity (Wildman–Crippen MR) is 80.3 cm³/mol. The molecule has 0 unspecified atom stereocenters. The van der Waals surface area contributed by atoms with Crippen LogP contribution in [-0.4, -0.2) is 43.5 Å². The highest BCUT2D eigenvalue weighted by molar-refractivity contribution is 5.92. The van der Waals surface area contributed by atoms with E-state index in [2.05, 4.69) is 29.4 Å². The number of anilines is 1. The summed E-state index contributed by atoms with van der Waals surface area (Å²) in [5, 5.41) is 6.02. The molecule has 1 amide bonds. The minimum Gasteiger partial charge on any atom is -0.325 e. The molecule has 4 heteroatoms. The van der Waals surface area contributed by atoms with Gasteiger partial charge >= 0.3 is 0 Å². The summed E-state index contributed by atoms with van der Waals surface area (Å²) in [7, 11) is 0. The summed E-state index contributed by atoms with van der Waals surface area (Å²) < 4.78 is 0. The Morgan fingerprint density at radius 3 is 2.47 bits per heavy atom. The fourth-order valence-corrected chi connectivity index (χ4v) is 1.90. The van der Waals surface area contributed by atoms with Gasteiger partial charge in [-0.1, -0.05) is 32.0 Å². The molecule has 0 saturated heterocycles. The van der Waals surface area contributed by atoms with Crippen LogP contribution in [0.25, 0.3) is 0 Å². The third-order valence-corrected chi connectivity index (χ3v) is 3.07. The van der Waals surface area contributed by atoms with Crippen LogP contribution in [0, 0.1) is 0 Å². The van der Waals surface area contributed by atoms with E-state index in [1.165, 1.54) is 0 Å². The second-order valence-corrected chi connectivity index (χ2v) is 4.47. The first-order valence-electron chi connectivity index (χ1n) is 7.04. The molecule has 0 aliphatic heterocycles. The van der Waals surface area contributed by atoms with Crippen LogP contribution in [0.2, 0.25) is 0 Å². The molecule has 106 valence electrons. The molecule has 1 aromatic rings. The zero-order valence-corrected chi connectivity index (χ0v) is 12.0. The lowest BCUT2D eigenvalue weighted by atomic mass is 10.3. The Bertz CT molecular complexity index is 350. The SMILES string of the molecule is CCN(CC)CCCNCC(=O)Nc1ccccc1. The van der Waals surface area contributed by atoms with Crippen LogP contribution in [0.4, 0.5) is 5.69 Å². The third-order valence-electron chi connectivity index (χ3n) is 3.07. The van der Waals surface area contributed by atoms with E-state index in [-0.39, 0.29) is 5.91 Å². The van der Waals surface area contributed by atoms with Crippen molar-refractivity contribution in [1.82, 2.24) is 10.2 Å².